The second-order valence-corrected chi connectivity index (χ2v) is 13.0. The smallest absolute Gasteiger partial charge is 0.264 e. The minimum absolute atomic E-state index is 0.0147. The van der Waals surface area contributed by atoms with Crippen molar-refractivity contribution in [1.29, 1.82) is 0 Å². The largest absolute Gasteiger partial charge is 0.497 e. The number of carbonyl (C=O) groups excluding carboxylic acids is 2. The third-order valence-corrected chi connectivity index (χ3v) is 9.21. The summed E-state index contributed by atoms with van der Waals surface area (Å²) in [7, 11) is -2.72. The molecule has 42 heavy (non-hydrogen) atoms. The van der Waals surface area contributed by atoms with Crippen LogP contribution in [0.25, 0.3) is 0 Å². The average Bonchev–Trinajstić information content (AvgIpc) is 2.96. The Morgan fingerprint density at radius 2 is 1.55 bits per heavy atom. The second kappa shape index (κ2) is 14.8. The van der Waals surface area contributed by atoms with Crippen LogP contribution in [0, 0.1) is 12.8 Å². The number of methoxy groups -OCH3 is 1. The zero-order chi connectivity index (χ0) is 31.0. The Bertz CT molecular complexity index is 1460. The summed E-state index contributed by atoms with van der Waals surface area (Å²) in [6.45, 7) is 7.39. The molecule has 0 spiro atoms. The summed E-state index contributed by atoms with van der Waals surface area (Å²) in [5.41, 5.74) is 1.69. The standard InChI is InChI=1S/C31H37Cl2N3O5S/c1-6-29(31(38)34-18-21(2)3)35(19-26-27(32)8-7-9-28(26)33)30(37)20-36(23-12-10-22(4)11-13-23)42(39,40)25-16-14-24(41-5)15-17-25/h7-17,21,29H,6,18-20H2,1-5H3,(H,34,38)/t29-/m0/s1. The molecule has 2 amide bonds. The predicted octanol–water partition coefficient (Wildman–Crippen LogP) is 6.09. The molecule has 0 bridgehead atoms. The molecule has 0 saturated carbocycles. The molecule has 11 heteroatoms. The fraction of sp³-hybridized carbons (Fsp3) is 0.355. The number of benzene rings is 3. The summed E-state index contributed by atoms with van der Waals surface area (Å²) < 4.78 is 34.2. The molecule has 3 rings (SSSR count). The maximum Gasteiger partial charge on any atom is 0.264 e. The number of amides is 2. The number of anilines is 1. The van der Waals surface area contributed by atoms with Crippen LogP contribution in [0.2, 0.25) is 10.0 Å². The maximum absolute atomic E-state index is 14.2. The van der Waals surface area contributed by atoms with Crippen molar-refractivity contribution in [1.82, 2.24) is 10.2 Å². The molecule has 3 aromatic rings. The van der Waals surface area contributed by atoms with Gasteiger partial charge in [-0.2, -0.15) is 0 Å². The van der Waals surface area contributed by atoms with E-state index in [-0.39, 0.29) is 29.7 Å². The van der Waals surface area contributed by atoms with Crippen LogP contribution in [0.5, 0.6) is 5.75 Å². The minimum atomic E-state index is -4.21. The molecule has 0 aliphatic heterocycles. The highest BCUT2D eigenvalue weighted by Crippen LogP contribution is 2.29. The number of hydrogen-bond donors (Lipinski definition) is 1. The summed E-state index contributed by atoms with van der Waals surface area (Å²) in [5, 5.41) is 3.56. The predicted molar refractivity (Wildman–Crippen MR) is 168 cm³/mol. The van der Waals surface area contributed by atoms with Crippen molar-refractivity contribution in [3.63, 3.8) is 0 Å². The van der Waals surface area contributed by atoms with Crippen molar-refractivity contribution >= 4 is 50.7 Å². The van der Waals surface area contributed by atoms with E-state index in [0.717, 1.165) is 9.87 Å². The molecule has 3 aromatic carbocycles. The fourth-order valence-electron chi connectivity index (χ4n) is 4.31. The van der Waals surface area contributed by atoms with Crippen LogP contribution < -0.4 is 14.4 Å². The second-order valence-electron chi connectivity index (χ2n) is 10.3. The lowest BCUT2D eigenvalue weighted by molar-refractivity contribution is -0.140. The fourth-order valence-corrected chi connectivity index (χ4v) is 6.24. The molecule has 1 N–H and O–H groups in total. The van der Waals surface area contributed by atoms with Gasteiger partial charge in [0, 0.05) is 28.7 Å². The van der Waals surface area contributed by atoms with Crippen molar-refractivity contribution in [3.05, 3.63) is 87.9 Å². The molecular formula is C31H37Cl2N3O5S. The van der Waals surface area contributed by atoms with Gasteiger partial charge in [0.2, 0.25) is 11.8 Å². The highest BCUT2D eigenvalue weighted by atomic mass is 35.5. The Labute approximate surface area is 258 Å². The number of halogens is 2. The van der Waals surface area contributed by atoms with Crippen LogP contribution in [-0.2, 0) is 26.2 Å². The van der Waals surface area contributed by atoms with Gasteiger partial charge >= 0.3 is 0 Å². The van der Waals surface area contributed by atoms with Crippen molar-refractivity contribution in [2.24, 2.45) is 5.92 Å². The van der Waals surface area contributed by atoms with Gasteiger partial charge in [-0.3, -0.25) is 13.9 Å². The van der Waals surface area contributed by atoms with Crippen LogP contribution in [-0.4, -0.2) is 51.4 Å². The number of ether oxygens (including phenoxy) is 1. The molecule has 0 saturated heterocycles. The minimum Gasteiger partial charge on any atom is -0.497 e. The molecule has 0 aliphatic rings. The van der Waals surface area contributed by atoms with E-state index in [9.17, 15) is 18.0 Å². The Balaban J connectivity index is 2.08. The van der Waals surface area contributed by atoms with E-state index in [1.807, 2.05) is 20.8 Å². The number of nitrogens with zero attached hydrogens (tertiary/aromatic N) is 2. The summed E-state index contributed by atoms with van der Waals surface area (Å²) in [6, 6.07) is 16.9. The number of sulfonamides is 1. The first-order valence-electron chi connectivity index (χ1n) is 13.6. The van der Waals surface area contributed by atoms with Gasteiger partial charge in [-0.05, 0) is 67.8 Å². The molecule has 0 fully saturated rings. The van der Waals surface area contributed by atoms with E-state index < -0.39 is 28.5 Å². The van der Waals surface area contributed by atoms with E-state index in [1.54, 1.807) is 61.5 Å². The molecule has 1 atom stereocenters. The highest BCUT2D eigenvalue weighted by Gasteiger charge is 2.34. The van der Waals surface area contributed by atoms with Crippen molar-refractivity contribution in [2.45, 2.75) is 51.6 Å². The van der Waals surface area contributed by atoms with Gasteiger partial charge in [-0.25, -0.2) is 8.42 Å². The number of nitrogens with one attached hydrogen (secondary N) is 1. The van der Waals surface area contributed by atoms with Crippen molar-refractivity contribution in [3.8, 4) is 5.75 Å². The molecular weight excluding hydrogens is 597 g/mol. The van der Waals surface area contributed by atoms with Gasteiger partial charge in [-0.1, -0.05) is 67.7 Å². The summed E-state index contributed by atoms with van der Waals surface area (Å²) in [6.07, 6.45) is 0.285. The lowest BCUT2D eigenvalue weighted by Gasteiger charge is -2.33. The average molecular weight is 635 g/mol. The molecule has 0 heterocycles. The number of rotatable bonds is 13. The zero-order valence-corrected chi connectivity index (χ0v) is 26.8. The molecule has 0 unspecified atom stereocenters. The first-order chi connectivity index (χ1) is 19.9. The number of aryl methyl sites for hydroxylation is 1. The Kier molecular flexibility index (Phi) is 11.7. The Morgan fingerprint density at radius 1 is 0.952 bits per heavy atom. The summed E-state index contributed by atoms with van der Waals surface area (Å²) in [5.74, 6) is -0.244. The molecule has 0 aromatic heterocycles. The lowest BCUT2D eigenvalue weighted by Crippen LogP contribution is -2.52. The van der Waals surface area contributed by atoms with Gasteiger partial charge < -0.3 is 15.0 Å². The molecule has 8 nitrogen and oxygen atoms in total. The Morgan fingerprint density at radius 3 is 2.07 bits per heavy atom. The Hall–Kier alpha value is -3.27. The zero-order valence-electron chi connectivity index (χ0n) is 24.4. The van der Waals surface area contributed by atoms with Crippen molar-refractivity contribution in [2.75, 3.05) is 24.5 Å². The number of carbonyl (C=O) groups is 2. The van der Waals surface area contributed by atoms with Gasteiger partial charge in [-0.15, -0.1) is 0 Å². The van der Waals surface area contributed by atoms with E-state index in [4.69, 9.17) is 27.9 Å². The monoisotopic (exact) mass is 633 g/mol. The lowest BCUT2D eigenvalue weighted by atomic mass is 10.1. The maximum atomic E-state index is 14.2. The van der Waals surface area contributed by atoms with Crippen LogP contribution in [0.1, 0.15) is 38.3 Å². The van der Waals surface area contributed by atoms with Gasteiger partial charge in [0.1, 0.15) is 18.3 Å². The topological polar surface area (TPSA) is 96.0 Å². The van der Waals surface area contributed by atoms with E-state index >= 15 is 0 Å². The highest BCUT2D eigenvalue weighted by molar-refractivity contribution is 7.92. The van der Waals surface area contributed by atoms with Crippen LogP contribution in [0.4, 0.5) is 5.69 Å². The molecule has 0 radical (unpaired) electrons. The van der Waals surface area contributed by atoms with Crippen LogP contribution in [0.15, 0.2) is 71.6 Å². The number of hydrogen-bond acceptors (Lipinski definition) is 5. The third kappa shape index (κ3) is 8.18. The summed E-state index contributed by atoms with van der Waals surface area (Å²) >= 11 is 12.9. The molecule has 226 valence electrons. The molecule has 0 aliphatic carbocycles. The van der Waals surface area contributed by atoms with Crippen LogP contribution in [0.3, 0.4) is 0 Å². The normalized spacial score (nSPS) is 12.1. The van der Waals surface area contributed by atoms with E-state index in [2.05, 4.69) is 5.32 Å². The quantitative estimate of drug-likeness (QED) is 0.246. The third-order valence-electron chi connectivity index (χ3n) is 6.71. The SMILES string of the molecule is CC[C@@H](C(=O)NCC(C)C)N(Cc1c(Cl)cccc1Cl)C(=O)CN(c1ccc(C)cc1)S(=O)(=O)c1ccc(OC)cc1. The van der Waals surface area contributed by atoms with Crippen LogP contribution >= 0.6 is 23.2 Å². The summed E-state index contributed by atoms with van der Waals surface area (Å²) in [4.78, 5) is 28.9. The van der Waals surface area contributed by atoms with Gasteiger partial charge in [0.25, 0.3) is 10.0 Å². The van der Waals surface area contributed by atoms with Gasteiger partial charge in [0.05, 0.1) is 17.7 Å². The van der Waals surface area contributed by atoms with Gasteiger partial charge in [0.15, 0.2) is 0 Å². The first-order valence-corrected chi connectivity index (χ1v) is 15.8. The van der Waals surface area contributed by atoms with E-state index in [1.165, 1.54) is 24.1 Å². The van der Waals surface area contributed by atoms with Crippen molar-refractivity contribution < 1.29 is 22.7 Å². The van der Waals surface area contributed by atoms with E-state index in [0.29, 0.717) is 33.6 Å². The first kappa shape index (κ1) is 33.2.